The molecule has 0 aromatic carbocycles. The Balaban J connectivity index is 1.63. The van der Waals surface area contributed by atoms with Crippen molar-refractivity contribution in [3.05, 3.63) is 33.5 Å². The molecule has 0 bridgehead atoms. The summed E-state index contributed by atoms with van der Waals surface area (Å²) in [6.45, 7) is 1.19. The molecule has 1 N–H and O–H groups in total. The van der Waals surface area contributed by atoms with Gasteiger partial charge in [-0.3, -0.25) is 0 Å². The molecule has 0 spiro atoms. The highest BCUT2D eigenvalue weighted by Gasteiger charge is 2.37. The summed E-state index contributed by atoms with van der Waals surface area (Å²) >= 11 is 2.04. The quantitative estimate of drug-likeness (QED) is 0.599. The predicted molar refractivity (Wildman–Crippen MR) is 75.9 cm³/mol. The van der Waals surface area contributed by atoms with Gasteiger partial charge < -0.3 is 5.32 Å². The van der Waals surface area contributed by atoms with Gasteiger partial charge in [-0.25, -0.2) is 0 Å². The molecule has 1 fully saturated rings. The SMILES string of the molecule is [c]1c(C2NCC3CC=CC32)sc2c1CCCCC2. The molecule has 2 heteroatoms. The zero-order valence-corrected chi connectivity index (χ0v) is 11.6. The molecule has 3 aliphatic rings. The zero-order valence-electron chi connectivity index (χ0n) is 10.7. The summed E-state index contributed by atoms with van der Waals surface area (Å²) < 4.78 is 0. The third-order valence-corrected chi connectivity index (χ3v) is 6.06. The molecule has 1 saturated heterocycles. The van der Waals surface area contributed by atoms with Gasteiger partial charge in [0.1, 0.15) is 0 Å². The molecule has 4 rings (SSSR count). The van der Waals surface area contributed by atoms with Crippen molar-refractivity contribution < 1.29 is 0 Å². The highest BCUT2D eigenvalue weighted by Crippen LogP contribution is 2.43. The van der Waals surface area contributed by atoms with Crippen molar-refractivity contribution in [3.63, 3.8) is 0 Å². The molecular weight excluding hydrogens is 238 g/mol. The highest BCUT2D eigenvalue weighted by atomic mass is 32.1. The minimum atomic E-state index is 0.561. The summed E-state index contributed by atoms with van der Waals surface area (Å²) in [7, 11) is 0. The number of aryl methyl sites for hydroxylation is 2. The second kappa shape index (κ2) is 4.50. The molecule has 1 nitrogen and oxygen atoms in total. The molecule has 0 amide bonds. The summed E-state index contributed by atoms with van der Waals surface area (Å²) in [6.07, 6.45) is 12.8. The van der Waals surface area contributed by atoms with Crippen LogP contribution in [0.1, 0.15) is 47.0 Å². The van der Waals surface area contributed by atoms with E-state index in [4.69, 9.17) is 0 Å². The molecular formula is C16H20NS. The first-order chi connectivity index (χ1) is 8.92. The van der Waals surface area contributed by atoms with Gasteiger partial charge in [0.25, 0.3) is 0 Å². The maximum Gasteiger partial charge on any atom is 0.0488 e. The second-order valence-corrected chi connectivity index (χ2v) is 7.08. The lowest BCUT2D eigenvalue weighted by molar-refractivity contribution is 0.481. The van der Waals surface area contributed by atoms with Crippen molar-refractivity contribution >= 4 is 11.3 Å². The Kier molecular flexibility index (Phi) is 2.81. The first-order valence-electron chi connectivity index (χ1n) is 7.35. The van der Waals surface area contributed by atoms with Crippen molar-refractivity contribution in [2.24, 2.45) is 11.8 Å². The van der Waals surface area contributed by atoms with E-state index in [2.05, 4.69) is 23.5 Å². The molecule has 2 aliphatic carbocycles. The first-order valence-corrected chi connectivity index (χ1v) is 8.17. The van der Waals surface area contributed by atoms with Gasteiger partial charge in [-0.2, -0.15) is 0 Å². The highest BCUT2D eigenvalue weighted by molar-refractivity contribution is 7.12. The summed E-state index contributed by atoms with van der Waals surface area (Å²) in [5.74, 6) is 1.59. The van der Waals surface area contributed by atoms with Crippen molar-refractivity contribution in [2.45, 2.75) is 44.6 Å². The van der Waals surface area contributed by atoms with E-state index >= 15 is 0 Å². The maximum atomic E-state index is 3.75. The van der Waals surface area contributed by atoms with E-state index in [0.717, 1.165) is 11.8 Å². The van der Waals surface area contributed by atoms with Crippen LogP contribution in [-0.2, 0) is 12.8 Å². The minimum Gasteiger partial charge on any atom is -0.308 e. The standard InChI is InChI=1S/C16H20NS/c1-2-5-11-9-15(18-14(11)8-3-1)16-13-7-4-6-12(13)10-17-16/h4,7,12-13,16-17H,1-3,5-6,8,10H2. The van der Waals surface area contributed by atoms with Crippen molar-refractivity contribution in [2.75, 3.05) is 6.54 Å². The van der Waals surface area contributed by atoms with Crippen LogP contribution in [0.2, 0.25) is 0 Å². The monoisotopic (exact) mass is 258 g/mol. The second-order valence-electron chi connectivity index (χ2n) is 5.94. The number of hydrogen-bond acceptors (Lipinski definition) is 2. The molecule has 1 aromatic rings. The minimum absolute atomic E-state index is 0.561. The van der Waals surface area contributed by atoms with Gasteiger partial charge >= 0.3 is 0 Å². The Morgan fingerprint density at radius 2 is 2.17 bits per heavy atom. The van der Waals surface area contributed by atoms with Gasteiger partial charge in [-0.1, -0.05) is 18.6 Å². The Morgan fingerprint density at radius 1 is 1.22 bits per heavy atom. The fraction of sp³-hybridized carbons (Fsp3) is 0.625. The van der Waals surface area contributed by atoms with E-state index in [1.165, 1.54) is 49.9 Å². The molecule has 1 radical (unpaired) electrons. The van der Waals surface area contributed by atoms with Crippen LogP contribution in [0.15, 0.2) is 12.2 Å². The van der Waals surface area contributed by atoms with Crippen LogP contribution in [0.4, 0.5) is 0 Å². The van der Waals surface area contributed by atoms with E-state index in [-0.39, 0.29) is 0 Å². The van der Waals surface area contributed by atoms with Crippen LogP contribution >= 0.6 is 11.3 Å². The summed E-state index contributed by atoms with van der Waals surface area (Å²) in [5.41, 5.74) is 1.54. The lowest BCUT2D eigenvalue weighted by Gasteiger charge is -2.15. The van der Waals surface area contributed by atoms with Gasteiger partial charge in [0.15, 0.2) is 0 Å². The van der Waals surface area contributed by atoms with E-state index in [0.29, 0.717) is 6.04 Å². The number of rotatable bonds is 1. The summed E-state index contributed by atoms with van der Waals surface area (Å²) in [4.78, 5) is 3.12. The third-order valence-electron chi connectivity index (χ3n) is 4.78. The fourth-order valence-electron chi connectivity index (χ4n) is 3.76. The average Bonchev–Trinajstić information content (AvgIpc) is 3.02. The maximum absolute atomic E-state index is 3.75. The smallest absolute Gasteiger partial charge is 0.0488 e. The lowest BCUT2D eigenvalue weighted by Crippen LogP contribution is -2.15. The van der Waals surface area contributed by atoms with Crippen LogP contribution in [0.5, 0.6) is 0 Å². The van der Waals surface area contributed by atoms with Crippen LogP contribution in [0, 0.1) is 17.9 Å². The lowest BCUT2D eigenvalue weighted by atomic mass is 9.93. The zero-order chi connectivity index (χ0) is 11.9. The van der Waals surface area contributed by atoms with Crippen molar-refractivity contribution in [1.29, 1.82) is 0 Å². The largest absolute Gasteiger partial charge is 0.308 e. The average molecular weight is 258 g/mol. The van der Waals surface area contributed by atoms with E-state index in [1.807, 2.05) is 11.3 Å². The third kappa shape index (κ3) is 1.78. The molecule has 3 unspecified atom stereocenters. The number of hydrogen-bond donors (Lipinski definition) is 1. The van der Waals surface area contributed by atoms with Gasteiger partial charge in [0.05, 0.1) is 0 Å². The number of fused-ring (bicyclic) bond motifs is 2. The van der Waals surface area contributed by atoms with Crippen LogP contribution < -0.4 is 5.32 Å². The van der Waals surface area contributed by atoms with E-state index in [1.54, 1.807) is 10.4 Å². The van der Waals surface area contributed by atoms with Crippen molar-refractivity contribution in [3.8, 4) is 0 Å². The molecule has 18 heavy (non-hydrogen) atoms. The van der Waals surface area contributed by atoms with Crippen LogP contribution in [-0.4, -0.2) is 6.54 Å². The molecule has 1 aromatic heterocycles. The summed E-state index contributed by atoms with van der Waals surface area (Å²) in [5, 5.41) is 3.73. The Morgan fingerprint density at radius 3 is 3.17 bits per heavy atom. The molecule has 2 heterocycles. The van der Waals surface area contributed by atoms with Crippen molar-refractivity contribution in [1.82, 2.24) is 5.32 Å². The van der Waals surface area contributed by atoms with Gasteiger partial charge in [0, 0.05) is 27.8 Å². The van der Waals surface area contributed by atoms with Gasteiger partial charge in [-0.05, 0) is 50.1 Å². The van der Waals surface area contributed by atoms with E-state index in [9.17, 15) is 0 Å². The van der Waals surface area contributed by atoms with Gasteiger partial charge in [0.2, 0.25) is 0 Å². The first kappa shape index (κ1) is 11.2. The Hall–Kier alpha value is -0.600. The van der Waals surface area contributed by atoms with Crippen LogP contribution in [0.25, 0.3) is 0 Å². The van der Waals surface area contributed by atoms with Gasteiger partial charge in [-0.15, -0.1) is 11.3 Å². The molecule has 1 aliphatic heterocycles. The Bertz CT molecular complexity index is 450. The Labute approximate surface area is 113 Å². The number of thiophene rings is 1. The molecule has 95 valence electrons. The normalized spacial score (nSPS) is 34.3. The fourth-order valence-corrected chi connectivity index (χ4v) is 5.09. The molecule has 0 saturated carbocycles. The topological polar surface area (TPSA) is 12.0 Å². The predicted octanol–water partition coefficient (Wildman–Crippen LogP) is 3.65. The van der Waals surface area contributed by atoms with E-state index < -0.39 is 0 Å². The number of nitrogens with one attached hydrogen (secondary N) is 1. The number of allylic oxidation sites excluding steroid dienone is 1. The van der Waals surface area contributed by atoms with Crippen LogP contribution in [0.3, 0.4) is 0 Å². The summed E-state index contributed by atoms with van der Waals surface area (Å²) in [6, 6.07) is 4.31. The molecule has 3 atom stereocenters.